The second kappa shape index (κ2) is 18.8. The zero-order chi connectivity index (χ0) is 42.5. The van der Waals surface area contributed by atoms with Crippen LogP contribution in [0.5, 0.6) is 0 Å². The Morgan fingerprint density at radius 3 is 1.79 bits per heavy atom. The molecule has 303 valence electrons. The molecule has 3 nitrogen and oxygen atoms in total. The molecule has 2 aromatic heterocycles. The number of rotatable bonds is 10. The van der Waals surface area contributed by atoms with Crippen LogP contribution < -0.4 is 15.9 Å². The maximum absolute atomic E-state index is 14.3. The average Bonchev–Trinajstić information content (AvgIpc) is 4.11. The van der Waals surface area contributed by atoms with Gasteiger partial charge in [0.05, 0.1) is 0 Å². The number of allylic oxidation sites excluding steroid dienone is 7. The van der Waals surface area contributed by atoms with E-state index in [9.17, 15) is 9.59 Å². The maximum atomic E-state index is 14.3. The number of hydrogen-bond donors (Lipinski definition) is 0. The molecular weight excluding hydrogens is 980 g/mol. The van der Waals surface area contributed by atoms with Gasteiger partial charge in [0.25, 0.3) is 0 Å². The third-order valence-corrected chi connectivity index (χ3v) is 18.7. The molecular formula is C54H46NO2OsPS2+. The van der Waals surface area contributed by atoms with Crippen LogP contribution in [0.4, 0.5) is 0 Å². The van der Waals surface area contributed by atoms with Crippen LogP contribution in [-0.2, 0) is 17.9 Å². The van der Waals surface area contributed by atoms with E-state index in [1.54, 1.807) is 40.6 Å². The number of fused-ring (bicyclic) bond motifs is 1. The first kappa shape index (κ1) is 42.5. The second-order valence-corrected chi connectivity index (χ2v) is 21.7. The topological polar surface area (TPSA) is 37.4 Å². The number of carbonyl (C=O) groups excluding carboxylic acids is 2. The molecule has 0 N–H and O–H groups in total. The number of hydrogen-bond acceptors (Lipinski definition) is 4. The molecule has 7 heteroatoms. The Bertz CT molecular complexity index is 2760. The van der Waals surface area contributed by atoms with E-state index in [1.807, 2.05) is 45.0 Å². The van der Waals surface area contributed by atoms with Gasteiger partial charge in [-0.25, -0.2) is 0 Å². The average molecular weight is 1030 g/mol. The van der Waals surface area contributed by atoms with E-state index < -0.39 is 7.26 Å². The number of benzene rings is 4. The summed E-state index contributed by atoms with van der Waals surface area (Å²) in [5, 5.41) is 4.86. The molecule has 3 heterocycles. The molecule has 0 spiro atoms. The van der Waals surface area contributed by atoms with Crippen molar-refractivity contribution in [3.63, 3.8) is 0 Å². The zero-order valence-electron chi connectivity index (χ0n) is 34.7. The Balaban J connectivity index is 1.32. The van der Waals surface area contributed by atoms with Crippen molar-refractivity contribution < 1.29 is 27.5 Å². The Hall–Kier alpha value is -5.21. The normalized spacial score (nSPS) is 15.7. The fraction of sp³-hybridized carbons (Fsp3) is 0.167. The van der Waals surface area contributed by atoms with E-state index in [4.69, 9.17) is 0 Å². The fourth-order valence-electron chi connectivity index (χ4n) is 8.48. The van der Waals surface area contributed by atoms with Gasteiger partial charge in [-0.15, -0.1) is 11.3 Å². The van der Waals surface area contributed by atoms with E-state index in [1.165, 1.54) is 32.0 Å². The molecule has 2 amide bonds. The van der Waals surface area contributed by atoms with Crippen molar-refractivity contribution in [1.82, 2.24) is 4.90 Å². The molecule has 0 bridgehead atoms. The molecule has 8 rings (SSSR count). The molecule has 61 heavy (non-hydrogen) atoms. The minimum atomic E-state index is -2.50. The van der Waals surface area contributed by atoms with Gasteiger partial charge in [-0.1, -0.05) is 19.9 Å². The van der Waals surface area contributed by atoms with Gasteiger partial charge >= 0.3 is 298 Å². The van der Waals surface area contributed by atoms with Crippen LogP contribution in [0.1, 0.15) is 77.4 Å². The summed E-state index contributed by atoms with van der Waals surface area (Å²) in [6.45, 7) is 8.57. The number of imide groups is 1. The van der Waals surface area contributed by atoms with Crippen molar-refractivity contribution in [2.24, 2.45) is 5.92 Å². The van der Waals surface area contributed by atoms with Gasteiger partial charge < -0.3 is 0 Å². The quantitative estimate of drug-likeness (QED) is 0.0779. The summed E-state index contributed by atoms with van der Waals surface area (Å²) in [7, 11) is -2.50. The van der Waals surface area contributed by atoms with Gasteiger partial charge in [0, 0.05) is 16.3 Å². The summed E-state index contributed by atoms with van der Waals surface area (Å²) in [4.78, 5) is 33.7. The summed E-state index contributed by atoms with van der Waals surface area (Å²) < 4.78 is 3.81. The Morgan fingerprint density at radius 2 is 1.26 bits per heavy atom. The standard InChI is InChI=1S/C54H46NO2PS2.Os/c1-6-18-45-29-33-49(59-45)47-31-32-48(52-51(47)53(56)55(54(52)57)36-37(3)4)50-34-30-46(60-50)28-27-40(35-41-20-17-19-39(41)7-2)38(5)58(42-21-11-8-12-22-42,43-23-13-9-14-24-43)44-25-15-10-16-26-44;/h6-16,18,21-26,29-35,37H,17,19-20,36H2,1-4H3;/q+1;/b18-6+,39-7?,40-38?,41-35?;. The van der Waals surface area contributed by atoms with Crippen LogP contribution in [0.3, 0.4) is 0 Å². The van der Waals surface area contributed by atoms with Gasteiger partial charge in [-0.05, 0) is 31.1 Å². The predicted molar refractivity (Wildman–Crippen MR) is 257 cm³/mol. The molecule has 0 atom stereocenters. The Morgan fingerprint density at radius 1 is 0.721 bits per heavy atom. The zero-order valence-corrected chi connectivity index (χ0v) is 39.8. The van der Waals surface area contributed by atoms with Crippen LogP contribution >= 0.6 is 29.9 Å². The molecule has 2 aliphatic rings. The molecule has 6 aromatic rings. The molecule has 1 fully saturated rings. The van der Waals surface area contributed by atoms with Crippen molar-refractivity contribution in [3.8, 4) is 37.1 Å². The van der Waals surface area contributed by atoms with Gasteiger partial charge in [0.2, 0.25) is 0 Å². The summed E-state index contributed by atoms with van der Waals surface area (Å²) in [5.74, 6) is 7.06. The molecule has 0 radical (unpaired) electrons. The van der Waals surface area contributed by atoms with Crippen LogP contribution in [0, 0.1) is 22.1 Å². The van der Waals surface area contributed by atoms with Crippen molar-refractivity contribution in [1.29, 1.82) is 0 Å². The number of thiophene rings is 2. The first-order chi connectivity index (χ1) is 29.8. The van der Waals surface area contributed by atoms with Crippen LogP contribution in [0.15, 0.2) is 168 Å². The summed E-state index contributed by atoms with van der Waals surface area (Å²) in [5.41, 5.74) is 6.23. The minimum absolute atomic E-state index is 0.140. The first-order valence-corrected chi connectivity index (χ1v) is 25.4. The van der Waals surface area contributed by atoms with E-state index in [-0.39, 0.29) is 17.7 Å². The second-order valence-electron chi connectivity index (χ2n) is 15.5. The van der Waals surface area contributed by atoms with Gasteiger partial charge in [-0.2, -0.15) is 0 Å². The number of nitrogens with zero attached hydrogens (tertiary/aromatic N) is 1. The third kappa shape index (κ3) is 8.28. The van der Waals surface area contributed by atoms with E-state index in [2.05, 4.69) is 151 Å². The van der Waals surface area contributed by atoms with Crippen LogP contribution in [0.2, 0.25) is 0 Å². The van der Waals surface area contributed by atoms with E-state index in [0.29, 0.717) is 17.7 Å². The predicted octanol–water partition coefficient (Wildman–Crippen LogP) is 12.6. The van der Waals surface area contributed by atoms with Crippen LogP contribution in [0.25, 0.3) is 27.0 Å². The van der Waals surface area contributed by atoms with E-state index >= 15 is 0 Å². The first-order valence-electron chi connectivity index (χ1n) is 20.7. The van der Waals surface area contributed by atoms with Gasteiger partial charge in [0.1, 0.15) is 0 Å². The number of carbonyl (C=O) groups is 2. The van der Waals surface area contributed by atoms with Gasteiger partial charge in [-0.3, -0.25) is 4.79 Å². The molecule has 4 aromatic carbocycles. The van der Waals surface area contributed by atoms with Gasteiger partial charge in [0.15, 0.2) is 0 Å². The van der Waals surface area contributed by atoms with Crippen molar-refractivity contribution in [3.05, 3.63) is 189 Å². The fourth-order valence-corrected chi connectivity index (χ4v) is 16.1. The van der Waals surface area contributed by atoms with Crippen molar-refractivity contribution in [2.45, 2.75) is 47.0 Å². The number of amides is 2. The third-order valence-electron chi connectivity index (χ3n) is 11.2. The monoisotopic (exact) mass is 1030 g/mol. The molecule has 1 aliphatic heterocycles. The van der Waals surface area contributed by atoms with E-state index in [0.717, 1.165) is 60.8 Å². The molecule has 1 aliphatic carbocycles. The summed E-state index contributed by atoms with van der Waals surface area (Å²) in [6.07, 6.45) is 11.9. The Kier molecular flexibility index (Phi) is 13.1. The SMILES string of the molecule is CC=C1CCCC1=CC(C#Cc1ccc(-c2ccc(-c3ccc(/C=C/C)s3)c3c2C(=O)N(CC(C)C)C3=O)s1)=C([C]#[Os])[P+](c1ccccc1)(c1ccccc1)c1ccccc1. The molecule has 0 unspecified atom stereocenters. The summed E-state index contributed by atoms with van der Waals surface area (Å²) >= 11 is 4.96. The van der Waals surface area contributed by atoms with Crippen molar-refractivity contribution >= 4 is 63.7 Å². The Labute approximate surface area is 378 Å². The molecule has 0 saturated heterocycles. The van der Waals surface area contributed by atoms with Crippen LogP contribution in [-0.4, -0.2) is 23.3 Å². The van der Waals surface area contributed by atoms with Crippen molar-refractivity contribution in [2.75, 3.05) is 6.54 Å². The molecule has 1 saturated carbocycles. The summed E-state index contributed by atoms with van der Waals surface area (Å²) in [6, 6.07) is 45.0.